The van der Waals surface area contributed by atoms with Crippen molar-refractivity contribution in [3.63, 3.8) is 0 Å². The summed E-state index contributed by atoms with van der Waals surface area (Å²) in [7, 11) is 0. The average Bonchev–Trinajstić information content (AvgIpc) is 2.75. The largest absolute Gasteiger partial charge is 0.457 e. The third kappa shape index (κ3) is 4.94. The van der Waals surface area contributed by atoms with E-state index in [1.807, 2.05) is 73.7 Å². The topological polar surface area (TPSA) is 58.6 Å². The van der Waals surface area contributed by atoms with Crippen molar-refractivity contribution in [2.45, 2.75) is 32.7 Å². The highest BCUT2D eigenvalue weighted by atomic mass is 16.5. The minimum Gasteiger partial charge on any atom is -0.457 e. The van der Waals surface area contributed by atoms with Crippen LogP contribution in [-0.4, -0.2) is 23.3 Å². The number of amides is 2. The van der Waals surface area contributed by atoms with E-state index in [0.29, 0.717) is 18.0 Å². The molecule has 0 spiro atoms. The molecule has 31 heavy (non-hydrogen) atoms. The lowest BCUT2D eigenvalue weighted by Gasteiger charge is -2.36. The molecule has 0 aliphatic carbocycles. The summed E-state index contributed by atoms with van der Waals surface area (Å²) >= 11 is 0. The van der Waals surface area contributed by atoms with Crippen LogP contribution in [-0.2, 0) is 16.0 Å². The van der Waals surface area contributed by atoms with Gasteiger partial charge in [-0.2, -0.15) is 0 Å². The summed E-state index contributed by atoms with van der Waals surface area (Å²) in [6.45, 7) is 4.21. The van der Waals surface area contributed by atoms with Crippen LogP contribution in [0, 0.1) is 6.92 Å². The Labute approximate surface area is 182 Å². The maximum atomic E-state index is 12.8. The van der Waals surface area contributed by atoms with Crippen molar-refractivity contribution in [1.82, 2.24) is 4.90 Å². The van der Waals surface area contributed by atoms with Crippen molar-refractivity contribution >= 4 is 17.5 Å². The summed E-state index contributed by atoms with van der Waals surface area (Å²) in [4.78, 5) is 26.7. The molecule has 1 unspecified atom stereocenters. The predicted octanol–water partition coefficient (Wildman–Crippen LogP) is 5.26. The van der Waals surface area contributed by atoms with E-state index in [4.69, 9.17) is 4.74 Å². The van der Waals surface area contributed by atoms with Crippen LogP contribution in [0.2, 0.25) is 0 Å². The van der Waals surface area contributed by atoms with E-state index >= 15 is 0 Å². The second-order valence-corrected chi connectivity index (χ2v) is 7.87. The third-order valence-electron chi connectivity index (χ3n) is 5.56. The van der Waals surface area contributed by atoms with E-state index in [0.717, 1.165) is 23.3 Å². The van der Waals surface area contributed by atoms with Gasteiger partial charge in [0.25, 0.3) is 0 Å². The number of rotatable bonds is 5. The summed E-state index contributed by atoms with van der Waals surface area (Å²) in [5.41, 5.74) is 4.08. The molecule has 5 nitrogen and oxygen atoms in total. The number of hydrogen-bond donors (Lipinski definition) is 1. The van der Waals surface area contributed by atoms with Gasteiger partial charge in [-0.1, -0.05) is 36.4 Å². The van der Waals surface area contributed by atoms with E-state index in [1.165, 1.54) is 5.56 Å². The van der Waals surface area contributed by atoms with Gasteiger partial charge in [-0.25, -0.2) is 0 Å². The number of nitrogens with one attached hydrogen (secondary N) is 1. The van der Waals surface area contributed by atoms with Crippen LogP contribution in [0.4, 0.5) is 5.69 Å². The first kappa shape index (κ1) is 20.7. The fraction of sp³-hybridized carbons (Fsp3) is 0.231. The molecule has 3 aromatic carbocycles. The van der Waals surface area contributed by atoms with Gasteiger partial charge in [-0.3, -0.25) is 9.59 Å². The van der Waals surface area contributed by atoms with E-state index in [-0.39, 0.29) is 24.3 Å². The Balaban J connectivity index is 1.43. The smallest absolute Gasteiger partial charge is 0.226 e. The van der Waals surface area contributed by atoms with Gasteiger partial charge < -0.3 is 15.0 Å². The maximum Gasteiger partial charge on any atom is 0.226 e. The van der Waals surface area contributed by atoms with Gasteiger partial charge in [0, 0.05) is 19.2 Å². The number of carbonyl (C=O) groups excluding carboxylic acids is 2. The van der Waals surface area contributed by atoms with Crippen molar-refractivity contribution in [3.8, 4) is 11.5 Å². The molecule has 1 N–H and O–H groups in total. The Kier molecular flexibility index (Phi) is 6.03. The van der Waals surface area contributed by atoms with Crippen LogP contribution < -0.4 is 10.1 Å². The van der Waals surface area contributed by atoms with Crippen molar-refractivity contribution in [3.05, 3.63) is 89.5 Å². The van der Waals surface area contributed by atoms with Crippen LogP contribution in [0.25, 0.3) is 0 Å². The molecular weight excluding hydrogens is 388 g/mol. The quantitative estimate of drug-likeness (QED) is 0.619. The van der Waals surface area contributed by atoms with E-state index in [9.17, 15) is 9.59 Å². The molecule has 1 heterocycles. The first-order valence-electron chi connectivity index (χ1n) is 10.5. The lowest BCUT2D eigenvalue weighted by molar-refractivity contribution is -0.132. The highest BCUT2D eigenvalue weighted by molar-refractivity contribution is 5.91. The number of anilines is 1. The molecule has 1 aliphatic rings. The van der Waals surface area contributed by atoms with Crippen LogP contribution in [0.3, 0.4) is 0 Å². The summed E-state index contributed by atoms with van der Waals surface area (Å²) in [5.74, 6) is 1.34. The van der Waals surface area contributed by atoms with Crippen LogP contribution in [0.15, 0.2) is 72.8 Å². The number of fused-ring (bicyclic) bond motifs is 1. The van der Waals surface area contributed by atoms with Crippen LogP contribution in [0.5, 0.6) is 11.5 Å². The molecule has 0 aromatic heterocycles. The fourth-order valence-electron chi connectivity index (χ4n) is 4.06. The van der Waals surface area contributed by atoms with Gasteiger partial charge in [0.15, 0.2) is 0 Å². The zero-order valence-electron chi connectivity index (χ0n) is 17.8. The molecule has 0 radical (unpaired) electrons. The molecule has 2 amide bonds. The number of benzene rings is 3. The molecule has 1 aliphatic heterocycles. The Bertz CT molecular complexity index is 1090. The zero-order chi connectivity index (χ0) is 21.8. The van der Waals surface area contributed by atoms with E-state index in [1.54, 1.807) is 11.8 Å². The van der Waals surface area contributed by atoms with Crippen molar-refractivity contribution in [2.75, 3.05) is 11.9 Å². The summed E-state index contributed by atoms with van der Waals surface area (Å²) in [6.07, 6.45) is 1.04. The minimum atomic E-state index is -0.244. The Hall–Kier alpha value is -3.60. The zero-order valence-corrected chi connectivity index (χ0v) is 17.8. The minimum absolute atomic E-state index is 0.00930. The number of hydrogen-bond acceptors (Lipinski definition) is 3. The number of carbonyl (C=O) groups is 2. The fourth-order valence-corrected chi connectivity index (χ4v) is 4.06. The normalized spacial score (nSPS) is 15.2. The highest BCUT2D eigenvalue weighted by Gasteiger charge is 2.30. The first-order chi connectivity index (χ1) is 15.0. The highest BCUT2D eigenvalue weighted by Crippen LogP contribution is 2.32. The van der Waals surface area contributed by atoms with Gasteiger partial charge in [0.2, 0.25) is 11.8 Å². The van der Waals surface area contributed by atoms with Gasteiger partial charge in [-0.15, -0.1) is 0 Å². The molecule has 158 valence electrons. The standard InChI is InChI=1S/C26H26N2O3/c1-18-6-5-8-23(16-18)31-22-12-10-21(11-13-22)27-26(30)17-25-24-9-4-3-7-20(24)14-15-28(25)19(2)29/h3-13,16,25H,14-15,17H2,1-2H3,(H,27,30). The van der Waals surface area contributed by atoms with E-state index < -0.39 is 0 Å². The van der Waals surface area contributed by atoms with Gasteiger partial charge in [0.05, 0.1) is 12.5 Å². The molecule has 5 heteroatoms. The molecule has 0 fully saturated rings. The second-order valence-electron chi connectivity index (χ2n) is 7.87. The van der Waals surface area contributed by atoms with Gasteiger partial charge >= 0.3 is 0 Å². The predicted molar refractivity (Wildman–Crippen MR) is 121 cm³/mol. The Morgan fingerprint density at radius 1 is 1.00 bits per heavy atom. The molecule has 0 saturated heterocycles. The number of ether oxygens (including phenoxy) is 1. The van der Waals surface area contributed by atoms with Crippen LogP contribution in [0.1, 0.15) is 36.1 Å². The summed E-state index contributed by atoms with van der Waals surface area (Å²) < 4.78 is 5.86. The Morgan fingerprint density at radius 3 is 2.52 bits per heavy atom. The molecule has 4 rings (SSSR count). The average molecular weight is 415 g/mol. The third-order valence-corrected chi connectivity index (χ3v) is 5.56. The van der Waals surface area contributed by atoms with E-state index in [2.05, 4.69) is 11.4 Å². The number of nitrogens with zero attached hydrogens (tertiary/aromatic N) is 1. The van der Waals surface area contributed by atoms with Crippen molar-refractivity contribution < 1.29 is 14.3 Å². The van der Waals surface area contributed by atoms with Gasteiger partial charge in [0.1, 0.15) is 11.5 Å². The van der Waals surface area contributed by atoms with Crippen LogP contribution >= 0.6 is 0 Å². The van der Waals surface area contributed by atoms with Gasteiger partial charge in [-0.05, 0) is 66.4 Å². The molecular formula is C26H26N2O3. The number of aryl methyl sites for hydroxylation is 1. The molecule has 3 aromatic rings. The SMILES string of the molecule is CC(=O)N1CCc2ccccc2C1CC(=O)Nc1ccc(Oc2cccc(C)c2)cc1. The molecule has 1 atom stereocenters. The first-order valence-corrected chi connectivity index (χ1v) is 10.5. The lowest BCUT2D eigenvalue weighted by atomic mass is 9.90. The molecule has 0 saturated carbocycles. The summed E-state index contributed by atoms with van der Waals surface area (Å²) in [6, 6.07) is 22.9. The monoisotopic (exact) mass is 414 g/mol. The second kappa shape index (κ2) is 9.04. The van der Waals surface area contributed by atoms with Crippen molar-refractivity contribution in [2.24, 2.45) is 0 Å². The van der Waals surface area contributed by atoms with Crippen molar-refractivity contribution in [1.29, 1.82) is 0 Å². The Morgan fingerprint density at radius 2 is 1.77 bits per heavy atom. The summed E-state index contributed by atoms with van der Waals surface area (Å²) in [5, 5.41) is 2.95. The maximum absolute atomic E-state index is 12.8. The lowest BCUT2D eigenvalue weighted by Crippen LogP contribution is -2.40. The molecule has 0 bridgehead atoms.